The van der Waals surface area contributed by atoms with E-state index in [1.807, 2.05) is 0 Å². The summed E-state index contributed by atoms with van der Waals surface area (Å²) in [5.74, 6) is 4.32. The van der Waals surface area contributed by atoms with Gasteiger partial charge in [0.2, 0.25) is 0 Å². The molecule has 0 saturated heterocycles. The standard InChI is InChI=1S/C14H30/c1-8-12(6)9-13(7)14(10(2)3)11(4)5/h10-14H,8-9H2,1-7H3. The molecule has 0 saturated carbocycles. The first-order valence-corrected chi connectivity index (χ1v) is 6.40. The third-order valence-electron chi connectivity index (χ3n) is 3.67. The van der Waals surface area contributed by atoms with Gasteiger partial charge in [0.25, 0.3) is 0 Å². The van der Waals surface area contributed by atoms with Crippen LogP contribution in [-0.2, 0) is 0 Å². The van der Waals surface area contributed by atoms with Crippen molar-refractivity contribution in [1.82, 2.24) is 0 Å². The van der Waals surface area contributed by atoms with Gasteiger partial charge in [-0.15, -0.1) is 0 Å². The highest BCUT2D eigenvalue weighted by Crippen LogP contribution is 2.32. The van der Waals surface area contributed by atoms with E-state index in [1.165, 1.54) is 12.8 Å². The molecule has 0 aliphatic heterocycles. The van der Waals surface area contributed by atoms with Crippen LogP contribution in [0.15, 0.2) is 0 Å². The molecule has 0 radical (unpaired) electrons. The fourth-order valence-electron chi connectivity index (χ4n) is 3.04. The minimum atomic E-state index is 0.828. The summed E-state index contributed by atoms with van der Waals surface area (Å²) in [5.41, 5.74) is 0. The smallest absolute Gasteiger partial charge is 0.0342 e. The van der Waals surface area contributed by atoms with Gasteiger partial charge < -0.3 is 0 Å². The molecule has 0 heteroatoms. The van der Waals surface area contributed by atoms with Gasteiger partial charge in [0, 0.05) is 0 Å². The third-order valence-corrected chi connectivity index (χ3v) is 3.67. The fraction of sp³-hybridized carbons (Fsp3) is 1.00. The molecular weight excluding hydrogens is 168 g/mol. The first-order chi connectivity index (χ1) is 6.40. The Balaban J connectivity index is 4.22. The molecule has 0 aromatic carbocycles. The summed E-state index contributed by atoms with van der Waals surface area (Å²) in [6, 6.07) is 0. The van der Waals surface area contributed by atoms with E-state index in [2.05, 4.69) is 48.5 Å². The normalized spacial score (nSPS) is 16.7. The number of hydrogen-bond donors (Lipinski definition) is 0. The van der Waals surface area contributed by atoms with Crippen LogP contribution in [0.25, 0.3) is 0 Å². The molecule has 0 heterocycles. The Morgan fingerprint density at radius 1 is 0.786 bits per heavy atom. The second-order valence-corrected chi connectivity index (χ2v) is 5.79. The zero-order valence-corrected chi connectivity index (χ0v) is 11.3. The van der Waals surface area contributed by atoms with E-state index in [0.29, 0.717) is 0 Å². The van der Waals surface area contributed by atoms with Gasteiger partial charge in [-0.25, -0.2) is 0 Å². The third kappa shape index (κ3) is 4.48. The average molecular weight is 198 g/mol. The van der Waals surface area contributed by atoms with Crippen LogP contribution in [0.5, 0.6) is 0 Å². The Labute approximate surface area is 91.5 Å². The summed E-state index contributed by atoms with van der Waals surface area (Å²) in [6.07, 6.45) is 2.73. The summed E-state index contributed by atoms with van der Waals surface area (Å²) < 4.78 is 0. The molecular formula is C14H30. The summed E-state index contributed by atoms with van der Waals surface area (Å²) in [6.45, 7) is 16.6. The molecule has 0 aromatic heterocycles. The van der Waals surface area contributed by atoms with Crippen LogP contribution in [0, 0.1) is 29.6 Å². The lowest BCUT2D eigenvalue weighted by Crippen LogP contribution is -2.24. The van der Waals surface area contributed by atoms with Crippen molar-refractivity contribution >= 4 is 0 Å². The van der Waals surface area contributed by atoms with E-state index in [1.54, 1.807) is 0 Å². The topological polar surface area (TPSA) is 0 Å². The summed E-state index contributed by atoms with van der Waals surface area (Å²) >= 11 is 0. The van der Waals surface area contributed by atoms with Crippen molar-refractivity contribution in [2.24, 2.45) is 29.6 Å². The Morgan fingerprint density at radius 2 is 1.21 bits per heavy atom. The van der Waals surface area contributed by atoms with E-state index >= 15 is 0 Å². The molecule has 86 valence electrons. The highest BCUT2D eigenvalue weighted by Gasteiger charge is 2.24. The first kappa shape index (κ1) is 14.0. The van der Waals surface area contributed by atoms with Crippen molar-refractivity contribution in [3.8, 4) is 0 Å². The van der Waals surface area contributed by atoms with E-state index < -0.39 is 0 Å². The molecule has 2 atom stereocenters. The lowest BCUT2D eigenvalue weighted by Gasteiger charge is -2.32. The van der Waals surface area contributed by atoms with Gasteiger partial charge in [0.1, 0.15) is 0 Å². The Hall–Kier alpha value is 0. The minimum Gasteiger partial charge on any atom is -0.0651 e. The average Bonchev–Trinajstić information content (AvgIpc) is 2.02. The molecule has 0 amide bonds. The predicted octanol–water partition coefficient (Wildman–Crippen LogP) is 4.99. The van der Waals surface area contributed by atoms with Gasteiger partial charge in [0.05, 0.1) is 0 Å². The van der Waals surface area contributed by atoms with Crippen molar-refractivity contribution in [1.29, 1.82) is 0 Å². The number of rotatable bonds is 6. The van der Waals surface area contributed by atoms with Gasteiger partial charge in [-0.05, 0) is 36.0 Å². The monoisotopic (exact) mass is 198 g/mol. The van der Waals surface area contributed by atoms with Crippen LogP contribution in [-0.4, -0.2) is 0 Å². The summed E-state index contributed by atoms with van der Waals surface area (Å²) in [7, 11) is 0. The van der Waals surface area contributed by atoms with Gasteiger partial charge in [0.15, 0.2) is 0 Å². The van der Waals surface area contributed by atoms with Crippen LogP contribution in [0.2, 0.25) is 0 Å². The fourth-order valence-corrected chi connectivity index (χ4v) is 3.04. The van der Waals surface area contributed by atoms with E-state index in [9.17, 15) is 0 Å². The van der Waals surface area contributed by atoms with Crippen LogP contribution in [0.4, 0.5) is 0 Å². The maximum Gasteiger partial charge on any atom is -0.0342 e. The van der Waals surface area contributed by atoms with Crippen LogP contribution in [0.1, 0.15) is 61.3 Å². The second kappa shape index (κ2) is 6.48. The molecule has 0 nitrogen and oxygen atoms in total. The van der Waals surface area contributed by atoms with Gasteiger partial charge >= 0.3 is 0 Å². The molecule has 0 N–H and O–H groups in total. The van der Waals surface area contributed by atoms with Crippen molar-refractivity contribution < 1.29 is 0 Å². The van der Waals surface area contributed by atoms with Crippen LogP contribution in [0.3, 0.4) is 0 Å². The van der Waals surface area contributed by atoms with Gasteiger partial charge in [-0.3, -0.25) is 0 Å². The highest BCUT2D eigenvalue weighted by atomic mass is 14.3. The first-order valence-electron chi connectivity index (χ1n) is 6.40. The van der Waals surface area contributed by atoms with E-state index in [4.69, 9.17) is 0 Å². The molecule has 0 aliphatic rings. The largest absolute Gasteiger partial charge is 0.0651 e. The van der Waals surface area contributed by atoms with Crippen molar-refractivity contribution in [2.75, 3.05) is 0 Å². The number of hydrogen-bond acceptors (Lipinski definition) is 0. The minimum absolute atomic E-state index is 0.828. The van der Waals surface area contributed by atoms with E-state index in [0.717, 1.165) is 29.6 Å². The quantitative estimate of drug-likeness (QED) is 0.564. The van der Waals surface area contributed by atoms with Crippen LogP contribution < -0.4 is 0 Å². The summed E-state index contributed by atoms with van der Waals surface area (Å²) in [4.78, 5) is 0. The molecule has 0 aromatic rings. The van der Waals surface area contributed by atoms with Crippen molar-refractivity contribution in [3.05, 3.63) is 0 Å². The molecule has 0 bridgehead atoms. The van der Waals surface area contributed by atoms with Crippen LogP contribution >= 0.6 is 0 Å². The molecule has 14 heavy (non-hydrogen) atoms. The second-order valence-electron chi connectivity index (χ2n) is 5.79. The predicted molar refractivity (Wildman–Crippen MR) is 66.4 cm³/mol. The Morgan fingerprint density at radius 3 is 1.50 bits per heavy atom. The molecule has 0 fully saturated rings. The van der Waals surface area contributed by atoms with Gasteiger partial charge in [-0.2, -0.15) is 0 Å². The van der Waals surface area contributed by atoms with Crippen molar-refractivity contribution in [2.45, 2.75) is 61.3 Å². The van der Waals surface area contributed by atoms with Gasteiger partial charge in [-0.1, -0.05) is 54.9 Å². The lowest BCUT2D eigenvalue weighted by atomic mass is 9.73. The molecule has 0 spiro atoms. The highest BCUT2D eigenvalue weighted by molar-refractivity contribution is 4.74. The lowest BCUT2D eigenvalue weighted by molar-refractivity contribution is 0.173. The maximum absolute atomic E-state index is 2.44. The molecule has 2 unspecified atom stereocenters. The Bertz CT molecular complexity index is 127. The summed E-state index contributed by atoms with van der Waals surface area (Å²) in [5, 5.41) is 0. The zero-order valence-electron chi connectivity index (χ0n) is 11.3. The SMILES string of the molecule is CCC(C)CC(C)C(C(C)C)C(C)C. The maximum atomic E-state index is 2.44. The molecule has 0 rings (SSSR count). The van der Waals surface area contributed by atoms with Crippen molar-refractivity contribution in [3.63, 3.8) is 0 Å². The zero-order chi connectivity index (χ0) is 11.3. The Kier molecular flexibility index (Phi) is 6.48. The molecule has 0 aliphatic carbocycles. The van der Waals surface area contributed by atoms with E-state index in [-0.39, 0.29) is 0 Å².